The summed E-state index contributed by atoms with van der Waals surface area (Å²) in [5, 5.41) is 0. The number of aromatic nitrogens is 1. The number of ether oxygens (including phenoxy) is 2. The molecule has 6 heteroatoms. The highest BCUT2D eigenvalue weighted by atomic mass is 16.7. The lowest BCUT2D eigenvalue weighted by molar-refractivity contribution is -0.169. The van der Waals surface area contributed by atoms with Crippen LogP contribution in [0, 0.1) is 0 Å². The number of hydrogen-bond donors (Lipinski definition) is 0. The number of hydrogen-bond acceptors (Lipinski definition) is 5. The van der Waals surface area contributed by atoms with Gasteiger partial charge in [-0.05, 0) is 37.1 Å². The van der Waals surface area contributed by atoms with Gasteiger partial charge >= 0.3 is 0 Å². The fourth-order valence-electron chi connectivity index (χ4n) is 4.62. The van der Waals surface area contributed by atoms with E-state index in [0.29, 0.717) is 18.9 Å². The molecule has 0 radical (unpaired) electrons. The van der Waals surface area contributed by atoms with Crippen molar-refractivity contribution >= 4 is 17.3 Å². The van der Waals surface area contributed by atoms with Crippen molar-refractivity contribution in [2.45, 2.75) is 38.0 Å². The van der Waals surface area contributed by atoms with Crippen molar-refractivity contribution < 1.29 is 14.3 Å². The highest BCUT2D eigenvalue weighted by molar-refractivity contribution is 6.07. The molecule has 0 saturated carbocycles. The van der Waals surface area contributed by atoms with Crippen molar-refractivity contribution in [3.05, 3.63) is 53.9 Å². The number of carbonyl (C=O) groups excluding carboxylic acids is 1. The highest BCUT2D eigenvalue weighted by Crippen LogP contribution is 2.35. The van der Waals surface area contributed by atoms with Crippen LogP contribution in [0.5, 0.6) is 0 Å². The molecule has 4 heterocycles. The summed E-state index contributed by atoms with van der Waals surface area (Å²) < 4.78 is 11.6. The van der Waals surface area contributed by atoms with Gasteiger partial charge < -0.3 is 19.3 Å². The molecule has 5 rings (SSSR count). The molecule has 1 amide bonds. The van der Waals surface area contributed by atoms with Crippen LogP contribution in [0.25, 0.3) is 0 Å². The van der Waals surface area contributed by atoms with E-state index < -0.39 is 5.79 Å². The fourth-order valence-corrected chi connectivity index (χ4v) is 4.62. The van der Waals surface area contributed by atoms with Crippen LogP contribution < -0.4 is 9.80 Å². The Hall–Kier alpha value is -2.44. The van der Waals surface area contributed by atoms with Crippen molar-refractivity contribution in [2.24, 2.45) is 0 Å². The second kappa shape index (κ2) is 6.87. The molecule has 28 heavy (non-hydrogen) atoms. The van der Waals surface area contributed by atoms with Crippen LogP contribution in [0.2, 0.25) is 0 Å². The molecule has 1 aromatic heterocycles. The van der Waals surface area contributed by atoms with Crippen LogP contribution in [0.15, 0.2) is 42.6 Å². The Morgan fingerprint density at radius 1 is 1.14 bits per heavy atom. The number of para-hydroxylation sites is 1. The molecular formula is C22H25N3O3. The SMILES string of the molecule is CC1Cc2ccccc2N1C(=O)c1cc(N2CCC3(CC2)OCCO3)ccn1. The maximum atomic E-state index is 13.3. The van der Waals surface area contributed by atoms with Crippen molar-refractivity contribution in [3.63, 3.8) is 0 Å². The van der Waals surface area contributed by atoms with E-state index >= 15 is 0 Å². The quantitative estimate of drug-likeness (QED) is 0.803. The van der Waals surface area contributed by atoms with Crippen LogP contribution in [-0.4, -0.2) is 49.0 Å². The zero-order chi connectivity index (χ0) is 19.1. The summed E-state index contributed by atoms with van der Waals surface area (Å²) in [6.45, 7) is 5.15. The van der Waals surface area contributed by atoms with Gasteiger partial charge in [-0.2, -0.15) is 0 Å². The number of nitrogens with zero attached hydrogens (tertiary/aromatic N) is 3. The van der Waals surface area contributed by atoms with E-state index in [-0.39, 0.29) is 11.9 Å². The third-order valence-corrected chi connectivity index (χ3v) is 6.09. The zero-order valence-corrected chi connectivity index (χ0v) is 16.1. The second-order valence-electron chi connectivity index (χ2n) is 7.85. The first-order valence-electron chi connectivity index (χ1n) is 10.1. The molecular weight excluding hydrogens is 354 g/mol. The summed E-state index contributed by atoms with van der Waals surface area (Å²) in [5.74, 6) is -0.424. The molecule has 6 nitrogen and oxygen atoms in total. The van der Waals surface area contributed by atoms with Gasteiger partial charge in [-0.15, -0.1) is 0 Å². The van der Waals surface area contributed by atoms with Gasteiger partial charge in [-0.3, -0.25) is 9.78 Å². The summed E-state index contributed by atoms with van der Waals surface area (Å²) >= 11 is 0. The lowest BCUT2D eigenvalue weighted by Crippen LogP contribution is -2.45. The Morgan fingerprint density at radius 2 is 1.89 bits per heavy atom. The lowest BCUT2D eigenvalue weighted by atomic mass is 10.0. The van der Waals surface area contributed by atoms with E-state index in [0.717, 1.165) is 43.7 Å². The monoisotopic (exact) mass is 379 g/mol. The molecule has 2 fully saturated rings. The molecule has 1 aromatic carbocycles. The number of piperidine rings is 1. The van der Waals surface area contributed by atoms with Crippen molar-refractivity contribution in [1.29, 1.82) is 0 Å². The molecule has 0 bridgehead atoms. The fraction of sp³-hybridized carbons (Fsp3) is 0.455. The molecule has 0 N–H and O–H groups in total. The summed E-state index contributed by atoms with van der Waals surface area (Å²) in [4.78, 5) is 21.8. The highest BCUT2D eigenvalue weighted by Gasteiger charge is 2.40. The van der Waals surface area contributed by atoms with E-state index in [2.05, 4.69) is 22.9 Å². The Morgan fingerprint density at radius 3 is 2.68 bits per heavy atom. The molecule has 3 aliphatic rings. The topological polar surface area (TPSA) is 54.9 Å². The first-order valence-corrected chi connectivity index (χ1v) is 10.1. The third-order valence-electron chi connectivity index (χ3n) is 6.09. The van der Waals surface area contributed by atoms with Gasteiger partial charge in [0.25, 0.3) is 5.91 Å². The van der Waals surface area contributed by atoms with Gasteiger partial charge in [0.15, 0.2) is 5.79 Å². The number of carbonyl (C=O) groups is 1. The first kappa shape index (κ1) is 17.6. The van der Waals surface area contributed by atoms with E-state index in [4.69, 9.17) is 9.47 Å². The van der Waals surface area contributed by atoms with Gasteiger partial charge in [0.05, 0.1) is 13.2 Å². The Labute approximate surface area is 165 Å². The molecule has 1 unspecified atom stereocenters. The maximum absolute atomic E-state index is 13.3. The van der Waals surface area contributed by atoms with Gasteiger partial charge in [-0.1, -0.05) is 18.2 Å². The van der Waals surface area contributed by atoms with Gasteiger partial charge in [0, 0.05) is 49.5 Å². The van der Waals surface area contributed by atoms with Gasteiger partial charge in [-0.25, -0.2) is 0 Å². The van der Waals surface area contributed by atoms with E-state index in [1.54, 1.807) is 6.20 Å². The molecule has 2 aromatic rings. The standard InChI is InChI=1S/C22H25N3O3/c1-16-14-17-4-2-3-5-20(17)25(16)21(26)19-15-18(6-9-23-19)24-10-7-22(8-11-24)27-12-13-28-22/h2-6,9,15-16H,7-8,10-14H2,1H3. The van der Waals surface area contributed by atoms with Gasteiger partial charge in [0.2, 0.25) is 0 Å². The number of anilines is 2. The van der Waals surface area contributed by atoms with Crippen LogP contribution in [0.1, 0.15) is 35.8 Å². The zero-order valence-electron chi connectivity index (χ0n) is 16.1. The summed E-state index contributed by atoms with van der Waals surface area (Å²) in [5.41, 5.74) is 3.75. The van der Waals surface area contributed by atoms with E-state index in [1.165, 1.54) is 5.56 Å². The lowest BCUT2D eigenvalue weighted by Gasteiger charge is -2.38. The minimum atomic E-state index is -0.392. The van der Waals surface area contributed by atoms with Crippen molar-refractivity contribution in [3.8, 4) is 0 Å². The maximum Gasteiger partial charge on any atom is 0.277 e. The smallest absolute Gasteiger partial charge is 0.277 e. The van der Waals surface area contributed by atoms with Gasteiger partial charge in [0.1, 0.15) is 5.69 Å². The van der Waals surface area contributed by atoms with Crippen LogP contribution in [0.3, 0.4) is 0 Å². The number of benzene rings is 1. The molecule has 1 spiro atoms. The average molecular weight is 379 g/mol. The average Bonchev–Trinajstić information content (AvgIpc) is 3.31. The summed E-state index contributed by atoms with van der Waals surface area (Å²) in [6.07, 6.45) is 4.31. The predicted octanol–water partition coefficient (Wildman–Crippen LogP) is 3.02. The molecule has 1 atom stereocenters. The number of fused-ring (bicyclic) bond motifs is 1. The largest absolute Gasteiger partial charge is 0.371 e. The Kier molecular flexibility index (Phi) is 4.33. The first-order chi connectivity index (χ1) is 13.7. The van der Waals surface area contributed by atoms with Crippen LogP contribution in [0.4, 0.5) is 11.4 Å². The van der Waals surface area contributed by atoms with Crippen LogP contribution >= 0.6 is 0 Å². The molecule has 3 aliphatic heterocycles. The third kappa shape index (κ3) is 2.97. The molecule has 146 valence electrons. The number of rotatable bonds is 2. The molecule has 0 aliphatic carbocycles. The normalized spacial score (nSPS) is 23.2. The van der Waals surface area contributed by atoms with Crippen LogP contribution in [-0.2, 0) is 15.9 Å². The Balaban J connectivity index is 1.35. The van der Waals surface area contributed by atoms with E-state index in [9.17, 15) is 4.79 Å². The van der Waals surface area contributed by atoms with E-state index in [1.807, 2.05) is 35.2 Å². The minimum Gasteiger partial charge on any atom is -0.371 e. The Bertz CT molecular complexity index is 884. The summed E-state index contributed by atoms with van der Waals surface area (Å²) in [7, 11) is 0. The van der Waals surface area contributed by atoms with Crippen molar-refractivity contribution in [1.82, 2.24) is 4.98 Å². The summed E-state index contributed by atoms with van der Waals surface area (Å²) in [6, 6.07) is 12.2. The number of amides is 1. The molecule has 2 saturated heterocycles. The second-order valence-corrected chi connectivity index (χ2v) is 7.85. The van der Waals surface area contributed by atoms with Crippen molar-refractivity contribution in [2.75, 3.05) is 36.1 Å². The number of pyridine rings is 1. The minimum absolute atomic E-state index is 0.0322. The predicted molar refractivity (Wildman–Crippen MR) is 107 cm³/mol.